The smallest absolute Gasteiger partial charge is 0.328 e. The quantitative estimate of drug-likeness (QED) is 0.518. The zero-order valence-corrected chi connectivity index (χ0v) is 17.1. The minimum Gasteiger partial charge on any atom is -0.461 e. The van der Waals surface area contributed by atoms with Crippen molar-refractivity contribution in [1.82, 2.24) is 9.13 Å². The molecule has 4 aromatic rings. The van der Waals surface area contributed by atoms with E-state index < -0.39 is 10.0 Å². The number of aromatic nitrogens is 2. The number of ketones is 1. The standard InChI is InChI=1S/C20H19N3O5S/c1-11(24)19-12(2)28-18-8-5-13(9-15(18)19)21-29(26,27)14-6-7-16-17(10-14)23(4)20(25)22(16)3/h5-10,21H,1-4H3. The van der Waals surface area contributed by atoms with Crippen molar-refractivity contribution in [3.05, 3.63) is 58.2 Å². The number of hydrogen-bond donors (Lipinski definition) is 1. The van der Waals surface area contributed by atoms with Gasteiger partial charge in [0.25, 0.3) is 10.0 Å². The topological polar surface area (TPSA) is 103 Å². The molecule has 29 heavy (non-hydrogen) atoms. The molecule has 0 spiro atoms. The number of nitrogens with one attached hydrogen (secondary N) is 1. The molecule has 0 atom stereocenters. The summed E-state index contributed by atoms with van der Waals surface area (Å²) in [6, 6.07) is 9.28. The predicted octanol–water partition coefficient (Wildman–Crippen LogP) is 2.94. The lowest BCUT2D eigenvalue weighted by Gasteiger charge is -2.09. The van der Waals surface area contributed by atoms with Gasteiger partial charge in [0.2, 0.25) is 0 Å². The van der Waals surface area contributed by atoms with Gasteiger partial charge in [0.15, 0.2) is 5.78 Å². The predicted molar refractivity (Wildman–Crippen MR) is 110 cm³/mol. The molecule has 0 aliphatic heterocycles. The second kappa shape index (κ2) is 6.35. The minimum absolute atomic E-state index is 0.0291. The molecule has 1 N–H and O–H groups in total. The van der Waals surface area contributed by atoms with E-state index >= 15 is 0 Å². The van der Waals surface area contributed by atoms with Crippen molar-refractivity contribution < 1.29 is 17.6 Å². The van der Waals surface area contributed by atoms with E-state index in [4.69, 9.17) is 4.42 Å². The number of carbonyl (C=O) groups excluding carboxylic acids is 1. The van der Waals surface area contributed by atoms with Crippen molar-refractivity contribution in [2.45, 2.75) is 18.7 Å². The van der Waals surface area contributed by atoms with E-state index in [0.717, 1.165) is 0 Å². The monoisotopic (exact) mass is 413 g/mol. The van der Waals surface area contributed by atoms with Crippen LogP contribution < -0.4 is 10.4 Å². The Bertz CT molecular complexity index is 1470. The maximum atomic E-state index is 12.9. The number of carbonyl (C=O) groups is 1. The zero-order valence-electron chi connectivity index (χ0n) is 16.3. The number of furan rings is 1. The molecule has 0 saturated carbocycles. The average Bonchev–Trinajstić information content (AvgIpc) is 3.10. The Balaban J connectivity index is 1.78. The number of hydrogen-bond acceptors (Lipinski definition) is 5. The Morgan fingerprint density at radius 3 is 2.41 bits per heavy atom. The third-order valence-electron chi connectivity index (χ3n) is 5.02. The van der Waals surface area contributed by atoms with E-state index in [1.54, 1.807) is 45.3 Å². The third-order valence-corrected chi connectivity index (χ3v) is 6.40. The summed E-state index contributed by atoms with van der Waals surface area (Å²) in [4.78, 5) is 24.0. The third kappa shape index (κ3) is 2.94. The van der Waals surface area contributed by atoms with Crippen molar-refractivity contribution in [2.24, 2.45) is 14.1 Å². The molecule has 2 heterocycles. The van der Waals surface area contributed by atoms with Gasteiger partial charge in [-0.1, -0.05) is 0 Å². The fraction of sp³-hybridized carbons (Fsp3) is 0.200. The first-order chi connectivity index (χ1) is 13.6. The minimum atomic E-state index is -3.91. The van der Waals surface area contributed by atoms with Gasteiger partial charge in [-0.05, 0) is 50.2 Å². The Hall–Kier alpha value is -3.33. The molecular weight excluding hydrogens is 394 g/mol. The van der Waals surface area contributed by atoms with Gasteiger partial charge in [-0.3, -0.25) is 18.7 Å². The second-order valence-corrected chi connectivity index (χ2v) is 8.64. The second-order valence-electron chi connectivity index (χ2n) is 6.96. The van der Waals surface area contributed by atoms with Gasteiger partial charge >= 0.3 is 5.69 Å². The molecule has 0 unspecified atom stereocenters. The van der Waals surface area contributed by atoms with Crippen LogP contribution in [-0.4, -0.2) is 23.3 Å². The van der Waals surface area contributed by atoms with Gasteiger partial charge in [0.05, 0.1) is 21.5 Å². The van der Waals surface area contributed by atoms with Crippen molar-refractivity contribution in [3.8, 4) is 0 Å². The number of aryl methyl sites for hydroxylation is 3. The number of rotatable bonds is 4. The van der Waals surface area contributed by atoms with Crippen LogP contribution in [0.1, 0.15) is 23.0 Å². The number of benzene rings is 2. The van der Waals surface area contributed by atoms with Gasteiger partial charge in [-0.15, -0.1) is 0 Å². The average molecular weight is 413 g/mol. The Kier molecular flexibility index (Phi) is 4.16. The highest BCUT2D eigenvalue weighted by Crippen LogP contribution is 2.29. The summed E-state index contributed by atoms with van der Waals surface area (Å²) in [5.74, 6) is 0.333. The van der Waals surface area contributed by atoms with Crippen LogP contribution in [0.3, 0.4) is 0 Å². The van der Waals surface area contributed by atoms with Crippen molar-refractivity contribution in [1.29, 1.82) is 0 Å². The normalized spacial score (nSPS) is 12.0. The first-order valence-corrected chi connectivity index (χ1v) is 10.3. The van der Waals surface area contributed by atoms with Crippen LogP contribution in [0.2, 0.25) is 0 Å². The van der Waals surface area contributed by atoms with Gasteiger partial charge in [-0.25, -0.2) is 13.2 Å². The summed E-state index contributed by atoms with van der Waals surface area (Å²) in [6.07, 6.45) is 0. The largest absolute Gasteiger partial charge is 0.461 e. The molecule has 2 aromatic carbocycles. The lowest BCUT2D eigenvalue weighted by molar-refractivity contribution is 0.101. The van der Waals surface area contributed by atoms with Crippen LogP contribution in [0, 0.1) is 6.92 Å². The molecule has 4 rings (SSSR count). The number of Topliss-reactive ketones (excluding diaryl/α,β-unsaturated/α-hetero) is 1. The highest BCUT2D eigenvalue weighted by Gasteiger charge is 2.20. The molecule has 0 saturated heterocycles. The molecular formula is C20H19N3O5S. The Morgan fingerprint density at radius 2 is 1.72 bits per heavy atom. The van der Waals surface area contributed by atoms with Crippen LogP contribution in [0.4, 0.5) is 5.69 Å². The molecule has 2 aromatic heterocycles. The van der Waals surface area contributed by atoms with Crippen LogP contribution in [-0.2, 0) is 24.1 Å². The highest BCUT2D eigenvalue weighted by atomic mass is 32.2. The zero-order chi connectivity index (χ0) is 21.1. The Labute approximate surface area is 166 Å². The number of nitrogens with zero attached hydrogens (tertiary/aromatic N) is 2. The van der Waals surface area contributed by atoms with Gasteiger partial charge in [-0.2, -0.15) is 0 Å². The van der Waals surface area contributed by atoms with Crippen LogP contribution in [0.15, 0.2) is 50.5 Å². The summed E-state index contributed by atoms with van der Waals surface area (Å²) in [7, 11) is -0.689. The molecule has 0 fully saturated rings. The number of fused-ring (bicyclic) bond motifs is 2. The molecule has 9 heteroatoms. The molecule has 0 bridgehead atoms. The number of sulfonamides is 1. The van der Waals surface area contributed by atoms with Gasteiger partial charge in [0, 0.05) is 25.2 Å². The van der Waals surface area contributed by atoms with E-state index in [1.807, 2.05) is 0 Å². The van der Waals surface area contributed by atoms with Crippen molar-refractivity contribution in [3.63, 3.8) is 0 Å². The van der Waals surface area contributed by atoms with Crippen molar-refractivity contribution in [2.75, 3.05) is 4.72 Å². The summed E-state index contributed by atoms with van der Waals surface area (Å²) in [6.45, 7) is 3.13. The number of imidazole rings is 1. The first kappa shape index (κ1) is 19.0. The van der Waals surface area contributed by atoms with E-state index in [-0.39, 0.29) is 16.4 Å². The fourth-order valence-electron chi connectivity index (χ4n) is 3.59. The molecule has 8 nitrogen and oxygen atoms in total. The molecule has 0 aliphatic carbocycles. The summed E-state index contributed by atoms with van der Waals surface area (Å²) < 4.78 is 36.8. The maximum Gasteiger partial charge on any atom is 0.328 e. The molecule has 150 valence electrons. The number of anilines is 1. The van der Waals surface area contributed by atoms with E-state index in [0.29, 0.717) is 39.0 Å². The fourth-order valence-corrected chi connectivity index (χ4v) is 4.66. The van der Waals surface area contributed by atoms with E-state index in [1.165, 1.54) is 28.2 Å². The van der Waals surface area contributed by atoms with Crippen LogP contribution in [0.25, 0.3) is 22.0 Å². The molecule has 0 aliphatic rings. The Morgan fingerprint density at radius 1 is 1.03 bits per heavy atom. The lowest BCUT2D eigenvalue weighted by Crippen LogP contribution is -2.19. The lowest BCUT2D eigenvalue weighted by atomic mass is 10.1. The van der Waals surface area contributed by atoms with Crippen molar-refractivity contribution >= 4 is 43.5 Å². The summed E-state index contributed by atoms with van der Waals surface area (Å²) >= 11 is 0. The highest BCUT2D eigenvalue weighted by molar-refractivity contribution is 7.92. The van der Waals surface area contributed by atoms with Crippen LogP contribution in [0.5, 0.6) is 0 Å². The van der Waals surface area contributed by atoms with Crippen LogP contribution >= 0.6 is 0 Å². The van der Waals surface area contributed by atoms with E-state index in [9.17, 15) is 18.0 Å². The molecule has 0 radical (unpaired) electrons. The maximum absolute atomic E-state index is 12.9. The van der Waals surface area contributed by atoms with Gasteiger partial charge in [0.1, 0.15) is 11.3 Å². The first-order valence-electron chi connectivity index (χ1n) is 8.82. The summed E-state index contributed by atoms with van der Waals surface area (Å²) in [5.41, 5.74) is 2.17. The SMILES string of the molecule is CC(=O)c1c(C)oc2ccc(NS(=O)(=O)c3ccc4c(c3)n(C)c(=O)n4C)cc12. The summed E-state index contributed by atoms with van der Waals surface area (Å²) in [5, 5.41) is 0.552. The molecule has 0 amide bonds. The van der Waals surface area contributed by atoms with E-state index in [2.05, 4.69) is 4.72 Å². The van der Waals surface area contributed by atoms with Gasteiger partial charge < -0.3 is 4.42 Å².